The molecule has 0 aliphatic heterocycles. The van der Waals surface area contributed by atoms with E-state index in [2.05, 4.69) is 15.5 Å². The van der Waals surface area contributed by atoms with Crippen LogP contribution in [0, 0.1) is 0 Å². The number of rotatable bonds is 9. The predicted molar refractivity (Wildman–Crippen MR) is 113 cm³/mol. The van der Waals surface area contributed by atoms with Gasteiger partial charge in [-0.3, -0.25) is 10.1 Å². The topological polar surface area (TPSA) is 82.6 Å². The van der Waals surface area contributed by atoms with E-state index in [1.54, 1.807) is 12.1 Å². The fourth-order valence-corrected chi connectivity index (χ4v) is 3.40. The fourth-order valence-electron chi connectivity index (χ4n) is 2.66. The van der Waals surface area contributed by atoms with Gasteiger partial charge in [0.05, 0.1) is 19.8 Å². The molecule has 3 aromatic rings. The van der Waals surface area contributed by atoms with Crippen LogP contribution in [0.2, 0.25) is 0 Å². The van der Waals surface area contributed by atoms with Crippen molar-refractivity contribution in [1.82, 2.24) is 10.2 Å². The van der Waals surface area contributed by atoms with E-state index < -0.39 is 0 Å². The number of amides is 1. The Morgan fingerprint density at radius 2 is 1.55 bits per heavy atom. The van der Waals surface area contributed by atoms with Gasteiger partial charge in [0.1, 0.15) is 5.01 Å². The Balaban J connectivity index is 1.85. The summed E-state index contributed by atoms with van der Waals surface area (Å²) in [5, 5.41) is 12.2. The number of benzene rings is 2. The van der Waals surface area contributed by atoms with Gasteiger partial charge in [0, 0.05) is 11.1 Å². The summed E-state index contributed by atoms with van der Waals surface area (Å²) < 4.78 is 17.0. The van der Waals surface area contributed by atoms with Crippen molar-refractivity contribution in [3.63, 3.8) is 0 Å². The zero-order valence-electron chi connectivity index (χ0n) is 16.6. The Kier molecular flexibility index (Phi) is 7.02. The van der Waals surface area contributed by atoms with Crippen molar-refractivity contribution in [3.05, 3.63) is 48.0 Å². The van der Waals surface area contributed by atoms with Gasteiger partial charge < -0.3 is 14.2 Å². The smallest absolute Gasteiger partial charge is 0.257 e. The molecule has 0 atom stereocenters. The summed E-state index contributed by atoms with van der Waals surface area (Å²) >= 11 is 1.31. The molecule has 2 aromatic carbocycles. The summed E-state index contributed by atoms with van der Waals surface area (Å²) in [5.74, 6) is 1.10. The highest BCUT2D eigenvalue weighted by Gasteiger charge is 2.19. The first kappa shape index (κ1) is 20.6. The average Bonchev–Trinajstić information content (AvgIpc) is 3.19. The molecule has 0 radical (unpaired) electrons. The molecule has 0 saturated heterocycles. The molecule has 1 heterocycles. The Bertz CT molecular complexity index is 933. The van der Waals surface area contributed by atoms with Crippen molar-refractivity contribution in [2.75, 3.05) is 25.1 Å². The second-order valence-corrected chi connectivity index (χ2v) is 6.81. The van der Waals surface area contributed by atoms with Crippen molar-refractivity contribution in [1.29, 1.82) is 0 Å². The van der Waals surface area contributed by atoms with E-state index in [9.17, 15) is 4.79 Å². The summed E-state index contributed by atoms with van der Waals surface area (Å²) in [6.45, 7) is 6.95. The number of hydrogen-bond acceptors (Lipinski definition) is 7. The van der Waals surface area contributed by atoms with Gasteiger partial charge in [-0.05, 0) is 32.9 Å². The highest BCUT2D eigenvalue weighted by molar-refractivity contribution is 7.18. The minimum absolute atomic E-state index is 0.328. The van der Waals surface area contributed by atoms with E-state index in [1.165, 1.54) is 11.3 Å². The van der Waals surface area contributed by atoms with Crippen LogP contribution >= 0.6 is 11.3 Å². The normalized spacial score (nSPS) is 10.4. The molecule has 0 aliphatic rings. The third kappa shape index (κ3) is 5.03. The van der Waals surface area contributed by atoms with Crippen molar-refractivity contribution in [3.8, 4) is 27.8 Å². The van der Waals surface area contributed by atoms with Gasteiger partial charge in [0.2, 0.25) is 10.9 Å². The van der Waals surface area contributed by atoms with Crippen LogP contribution in [0.25, 0.3) is 10.6 Å². The monoisotopic (exact) mass is 413 g/mol. The number of ether oxygens (including phenoxy) is 3. The van der Waals surface area contributed by atoms with E-state index in [1.807, 2.05) is 51.1 Å². The number of aromatic nitrogens is 2. The molecule has 0 aliphatic carbocycles. The van der Waals surface area contributed by atoms with Gasteiger partial charge >= 0.3 is 0 Å². The van der Waals surface area contributed by atoms with E-state index in [0.717, 1.165) is 10.6 Å². The zero-order chi connectivity index (χ0) is 20.6. The van der Waals surface area contributed by atoms with Gasteiger partial charge in [-0.1, -0.05) is 41.7 Å². The molecule has 152 valence electrons. The molecule has 3 rings (SSSR count). The minimum atomic E-state index is -0.328. The number of nitrogens with one attached hydrogen (secondary N) is 1. The second kappa shape index (κ2) is 9.88. The van der Waals surface area contributed by atoms with Crippen LogP contribution < -0.4 is 19.5 Å². The lowest BCUT2D eigenvalue weighted by Gasteiger charge is -2.16. The summed E-state index contributed by atoms with van der Waals surface area (Å²) in [7, 11) is 0. The molecule has 8 heteroatoms. The van der Waals surface area contributed by atoms with Gasteiger partial charge in [0.25, 0.3) is 5.91 Å². The molecule has 0 fully saturated rings. The van der Waals surface area contributed by atoms with Crippen LogP contribution in [-0.2, 0) is 0 Å². The molecule has 7 nitrogen and oxygen atoms in total. The quantitative estimate of drug-likeness (QED) is 0.550. The van der Waals surface area contributed by atoms with Gasteiger partial charge in [-0.2, -0.15) is 0 Å². The van der Waals surface area contributed by atoms with Crippen LogP contribution in [0.4, 0.5) is 5.13 Å². The lowest BCUT2D eigenvalue weighted by molar-refractivity contribution is 0.102. The SMILES string of the molecule is CCOc1cc(C(=O)Nc2nnc(-c3ccccc3)s2)cc(OCC)c1OCC. The molecule has 1 N–H and O–H groups in total. The van der Waals surface area contributed by atoms with Gasteiger partial charge in [-0.25, -0.2) is 0 Å². The Morgan fingerprint density at radius 1 is 0.931 bits per heavy atom. The van der Waals surface area contributed by atoms with E-state index >= 15 is 0 Å². The van der Waals surface area contributed by atoms with Gasteiger partial charge in [-0.15, -0.1) is 10.2 Å². The maximum absolute atomic E-state index is 12.8. The van der Waals surface area contributed by atoms with Crippen LogP contribution in [0.1, 0.15) is 31.1 Å². The van der Waals surface area contributed by atoms with Crippen LogP contribution in [0.15, 0.2) is 42.5 Å². The zero-order valence-corrected chi connectivity index (χ0v) is 17.4. The highest BCUT2D eigenvalue weighted by atomic mass is 32.1. The minimum Gasteiger partial charge on any atom is -0.490 e. The maximum Gasteiger partial charge on any atom is 0.257 e. The summed E-state index contributed by atoms with van der Waals surface area (Å²) in [6.07, 6.45) is 0. The number of carbonyl (C=O) groups is 1. The number of carbonyl (C=O) groups excluding carboxylic acids is 1. The number of anilines is 1. The van der Waals surface area contributed by atoms with E-state index in [-0.39, 0.29) is 5.91 Å². The van der Waals surface area contributed by atoms with Crippen LogP contribution in [0.3, 0.4) is 0 Å². The lowest BCUT2D eigenvalue weighted by atomic mass is 10.1. The fraction of sp³-hybridized carbons (Fsp3) is 0.286. The first-order valence-electron chi connectivity index (χ1n) is 9.42. The first-order valence-corrected chi connectivity index (χ1v) is 10.2. The predicted octanol–water partition coefficient (Wildman–Crippen LogP) is 4.65. The van der Waals surface area contributed by atoms with Crippen molar-refractivity contribution in [2.24, 2.45) is 0 Å². The summed E-state index contributed by atoms with van der Waals surface area (Å²) in [6, 6.07) is 13.0. The standard InChI is InChI=1S/C21H23N3O4S/c1-4-26-16-12-15(13-17(27-5-2)18(16)28-6-3)19(25)22-21-24-23-20(29-21)14-10-8-7-9-11-14/h7-13H,4-6H2,1-3H3,(H,22,24,25). The lowest BCUT2D eigenvalue weighted by Crippen LogP contribution is -2.13. The molecule has 0 bridgehead atoms. The van der Waals surface area contributed by atoms with E-state index in [4.69, 9.17) is 14.2 Å². The molecule has 0 spiro atoms. The average molecular weight is 413 g/mol. The first-order chi connectivity index (χ1) is 14.2. The molecule has 1 amide bonds. The molecular weight excluding hydrogens is 390 g/mol. The molecule has 0 unspecified atom stereocenters. The number of nitrogens with zero attached hydrogens (tertiary/aromatic N) is 2. The highest BCUT2D eigenvalue weighted by Crippen LogP contribution is 2.39. The molecule has 1 aromatic heterocycles. The summed E-state index contributed by atoms with van der Waals surface area (Å²) in [4.78, 5) is 12.8. The summed E-state index contributed by atoms with van der Waals surface area (Å²) in [5.41, 5.74) is 1.33. The van der Waals surface area contributed by atoms with Gasteiger partial charge in [0.15, 0.2) is 11.5 Å². The maximum atomic E-state index is 12.8. The third-order valence-corrected chi connectivity index (χ3v) is 4.73. The van der Waals surface area contributed by atoms with Crippen LogP contribution in [-0.4, -0.2) is 35.9 Å². The molecular formula is C21H23N3O4S. The second-order valence-electron chi connectivity index (χ2n) is 5.83. The largest absolute Gasteiger partial charge is 0.490 e. The Morgan fingerprint density at radius 3 is 2.14 bits per heavy atom. The Hall–Kier alpha value is -3.13. The Labute approximate surface area is 173 Å². The third-order valence-electron chi connectivity index (χ3n) is 3.84. The van der Waals surface area contributed by atoms with Crippen molar-refractivity contribution < 1.29 is 19.0 Å². The molecule has 29 heavy (non-hydrogen) atoms. The van der Waals surface area contributed by atoms with Crippen molar-refractivity contribution >= 4 is 22.4 Å². The number of hydrogen-bond donors (Lipinski definition) is 1. The molecule has 0 saturated carbocycles. The van der Waals surface area contributed by atoms with E-state index in [0.29, 0.717) is 47.8 Å². The van der Waals surface area contributed by atoms with Crippen molar-refractivity contribution in [2.45, 2.75) is 20.8 Å². The van der Waals surface area contributed by atoms with Crippen LogP contribution in [0.5, 0.6) is 17.2 Å².